The van der Waals surface area contributed by atoms with Crippen LogP contribution in [-0.2, 0) is 5.60 Å². The molecule has 0 fully saturated rings. The highest BCUT2D eigenvalue weighted by Gasteiger charge is 2.37. The molecule has 1 atom stereocenters. The van der Waals surface area contributed by atoms with Gasteiger partial charge in [0.15, 0.2) is 0 Å². The molecule has 23 heavy (non-hydrogen) atoms. The van der Waals surface area contributed by atoms with Crippen LogP contribution in [0.25, 0.3) is 22.2 Å². The van der Waals surface area contributed by atoms with Crippen LogP contribution in [0.4, 0.5) is 0 Å². The van der Waals surface area contributed by atoms with E-state index in [-0.39, 0.29) is 0 Å². The molecule has 2 nitrogen and oxygen atoms in total. The Morgan fingerprint density at radius 3 is 2.43 bits per heavy atom. The van der Waals surface area contributed by atoms with Crippen LogP contribution in [0, 0.1) is 6.92 Å². The summed E-state index contributed by atoms with van der Waals surface area (Å²) in [5.74, 6) is 0. The van der Waals surface area contributed by atoms with Gasteiger partial charge >= 0.3 is 0 Å². The molecule has 0 bridgehead atoms. The summed E-state index contributed by atoms with van der Waals surface area (Å²) in [6.07, 6.45) is 2.06. The van der Waals surface area contributed by atoms with Crippen molar-refractivity contribution in [3.63, 3.8) is 0 Å². The van der Waals surface area contributed by atoms with Gasteiger partial charge in [0.05, 0.1) is 5.69 Å². The van der Waals surface area contributed by atoms with Crippen LogP contribution in [0.1, 0.15) is 28.6 Å². The summed E-state index contributed by atoms with van der Waals surface area (Å²) in [6, 6.07) is 18.2. The van der Waals surface area contributed by atoms with Gasteiger partial charge in [-0.3, -0.25) is 0 Å². The molecule has 0 unspecified atom stereocenters. The van der Waals surface area contributed by atoms with E-state index >= 15 is 0 Å². The average Bonchev–Trinajstić information content (AvgIpc) is 3.06. The second-order valence-corrected chi connectivity index (χ2v) is 7.21. The van der Waals surface area contributed by atoms with Gasteiger partial charge in [-0.1, -0.05) is 54.6 Å². The Bertz CT molecular complexity index is 906. The average molecular weight is 319 g/mol. The van der Waals surface area contributed by atoms with Crippen LogP contribution < -0.4 is 0 Å². The zero-order chi connectivity index (χ0) is 16.0. The van der Waals surface area contributed by atoms with E-state index in [1.807, 2.05) is 49.4 Å². The zero-order valence-corrected chi connectivity index (χ0v) is 13.9. The highest BCUT2D eigenvalue weighted by molar-refractivity contribution is 7.15. The molecule has 3 aromatic rings. The van der Waals surface area contributed by atoms with Gasteiger partial charge in [-0.15, -0.1) is 11.3 Å². The Hall–Kier alpha value is -2.23. The number of benzene rings is 2. The number of fused-ring (bicyclic) bond motifs is 1. The molecular weight excluding hydrogens is 302 g/mol. The van der Waals surface area contributed by atoms with Crippen molar-refractivity contribution in [3.8, 4) is 10.6 Å². The minimum absolute atomic E-state index is 0.884. The minimum atomic E-state index is -0.997. The standard InChI is InChI=1S/C20H17NOS/c1-13-18(21-19(23-13)14-8-4-3-5-9-14)17-12-15-10-6-7-11-16(15)20(17,2)22/h3-12,22H,1-2H3/t20-/m1/s1. The summed E-state index contributed by atoms with van der Waals surface area (Å²) in [4.78, 5) is 5.96. The Balaban J connectivity index is 1.83. The van der Waals surface area contributed by atoms with Crippen LogP contribution >= 0.6 is 11.3 Å². The highest BCUT2D eigenvalue weighted by atomic mass is 32.1. The molecule has 3 heteroatoms. The van der Waals surface area contributed by atoms with Crippen LogP contribution in [-0.4, -0.2) is 10.1 Å². The first-order chi connectivity index (χ1) is 11.1. The number of hydrogen-bond donors (Lipinski definition) is 1. The molecule has 0 saturated heterocycles. The first-order valence-corrected chi connectivity index (χ1v) is 8.46. The summed E-state index contributed by atoms with van der Waals surface area (Å²) in [6.45, 7) is 3.92. The lowest BCUT2D eigenvalue weighted by Crippen LogP contribution is -2.20. The molecule has 0 spiro atoms. The van der Waals surface area contributed by atoms with Crippen LogP contribution in [0.5, 0.6) is 0 Å². The largest absolute Gasteiger partial charge is 0.381 e. The summed E-state index contributed by atoms with van der Waals surface area (Å²) in [5, 5.41) is 12.1. The molecule has 1 aliphatic carbocycles. The molecule has 0 aliphatic heterocycles. The number of aliphatic hydroxyl groups is 1. The smallest absolute Gasteiger partial charge is 0.124 e. The third-order valence-electron chi connectivity index (χ3n) is 4.38. The van der Waals surface area contributed by atoms with Crippen molar-refractivity contribution < 1.29 is 5.11 Å². The van der Waals surface area contributed by atoms with Gasteiger partial charge < -0.3 is 5.11 Å². The summed E-state index contributed by atoms with van der Waals surface area (Å²) < 4.78 is 0. The molecule has 2 aromatic carbocycles. The second kappa shape index (κ2) is 5.15. The molecule has 0 amide bonds. The highest BCUT2D eigenvalue weighted by Crippen LogP contribution is 2.46. The summed E-state index contributed by atoms with van der Waals surface area (Å²) in [7, 11) is 0. The van der Waals surface area contributed by atoms with Crippen molar-refractivity contribution in [2.45, 2.75) is 19.4 Å². The van der Waals surface area contributed by atoms with E-state index in [0.717, 1.165) is 37.8 Å². The summed E-state index contributed by atoms with van der Waals surface area (Å²) in [5.41, 5.74) is 3.92. The number of rotatable bonds is 2. The first-order valence-electron chi connectivity index (χ1n) is 7.64. The normalized spacial score (nSPS) is 19.5. The minimum Gasteiger partial charge on any atom is -0.381 e. The Kier molecular flexibility index (Phi) is 3.22. The fraction of sp³-hybridized carbons (Fsp3) is 0.150. The van der Waals surface area contributed by atoms with Crippen molar-refractivity contribution in [2.75, 3.05) is 0 Å². The molecule has 1 aromatic heterocycles. The van der Waals surface area contributed by atoms with E-state index in [2.05, 4.69) is 25.1 Å². The molecule has 114 valence electrons. The Labute approximate surface area is 139 Å². The van der Waals surface area contributed by atoms with E-state index < -0.39 is 5.60 Å². The number of aryl methyl sites for hydroxylation is 1. The summed E-state index contributed by atoms with van der Waals surface area (Å²) >= 11 is 1.67. The van der Waals surface area contributed by atoms with Gasteiger partial charge in [0, 0.05) is 16.0 Å². The van der Waals surface area contributed by atoms with E-state index in [1.54, 1.807) is 11.3 Å². The van der Waals surface area contributed by atoms with Gasteiger partial charge in [-0.05, 0) is 31.1 Å². The van der Waals surface area contributed by atoms with Crippen molar-refractivity contribution in [2.24, 2.45) is 0 Å². The van der Waals surface area contributed by atoms with Gasteiger partial charge in [0.1, 0.15) is 10.6 Å². The fourth-order valence-electron chi connectivity index (χ4n) is 3.16. The lowest BCUT2D eigenvalue weighted by atomic mass is 9.90. The molecule has 0 saturated carbocycles. The monoisotopic (exact) mass is 319 g/mol. The van der Waals surface area contributed by atoms with E-state index in [0.29, 0.717) is 0 Å². The van der Waals surface area contributed by atoms with Gasteiger partial charge in [0.2, 0.25) is 0 Å². The lowest BCUT2D eigenvalue weighted by molar-refractivity contribution is 0.125. The predicted octanol–water partition coefficient (Wildman–Crippen LogP) is 4.88. The van der Waals surface area contributed by atoms with Crippen molar-refractivity contribution in [3.05, 3.63) is 76.3 Å². The number of hydrogen-bond acceptors (Lipinski definition) is 3. The van der Waals surface area contributed by atoms with Crippen molar-refractivity contribution >= 4 is 23.0 Å². The fourth-order valence-corrected chi connectivity index (χ4v) is 4.09. The maximum absolute atomic E-state index is 11.1. The number of aromatic nitrogens is 1. The molecule has 1 aliphatic rings. The maximum Gasteiger partial charge on any atom is 0.124 e. The van der Waals surface area contributed by atoms with Crippen molar-refractivity contribution in [1.82, 2.24) is 4.98 Å². The second-order valence-electron chi connectivity index (χ2n) is 6.01. The van der Waals surface area contributed by atoms with Crippen LogP contribution in [0.2, 0.25) is 0 Å². The third-order valence-corrected chi connectivity index (χ3v) is 5.40. The first kappa shape index (κ1) is 14.4. The van der Waals surface area contributed by atoms with E-state index in [9.17, 15) is 5.11 Å². The molecular formula is C20H17NOS. The van der Waals surface area contributed by atoms with Gasteiger partial charge in [-0.2, -0.15) is 0 Å². The predicted molar refractivity (Wildman–Crippen MR) is 96.2 cm³/mol. The molecule has 0 radical (unpaired) electrons. The van der Waals surface area contributed by atoms with Crippen molar-refractivity contribution in [1.29, 1.82) is 0 Å². The Morgan fingerprint density at radius 2 is 1.70 bits per heavy atom. The van der Waals surface area contributed by atoms with Crippen LogP contribution in [0.3, 0.4) is 0 Å². The topological polar surface area (TPSA) is 33.1 Å². The zero-order valence-electron chi connectivity index (χ0n) is 13.1. The quantitative estimate of drug-likeness (QED) is 0.730. The number of thiazole rings is 1. The molecule has 1 heterocycles. The molecule has 4 rings (SSSR count). The maximum atomic E-state index is 11.1. The Morgan fingerprint density at radius 1 is 1.00 bits per heavy atom. The van der Waals surface area contributed by atoms with Crippen LogP contribution in [0.15, 0.2) is 54.6 Å². The number of nitrogens with zero attached hydrogens (tertiary/aromatic N) is 1. The SMILES string of the molecule is Cc1sc(-c2ccccc2)nc1C1=Cc2ccccc2[C@@]1(C)O. The molecule has 1 N–H and O–H groups in total. The third kappa shape index (κ3) is 2.24. The van der Waals surface area contributed by atoms with Gasteiger partial charge in [-0.25, -0.2) is 4.98 Å². The lowest BCUT2D eigenvalue weighted by Gasteiger charge is -2.22. The van der Waals surface area contributed by atoms with E-state index in [1.165, 1.54) is 0 Å². The van der Waals surface area contributed by atoms with Gasteiger partial charge in [0.25, 0.3) is 0 Å². The van der Waals surface area contributed by atoms with E-state index in [4.69, 9.17) is 4.98 Å².